The van der Waals surface area contributed by atoms with E-state index in [1.165, 1.54) is 6.26 Å². The number of nitrogens with one attached hydrogen (secondary N) is 1. The third-order valence-corrected chi connectivity index (χ3v) is 2.62. The first kappa shape index (κ1) is 12.4. The minimum atomic E-state index is -0.266. The van der Waals surface area contributed by atoms with Crippen LogP contribution in [0.2, 0.25) is 0 Å². The summed E-state index contributed by atoms with van der Waals surface area (Å²) >= 11 is 0. The molecule has 5 nitrogen and oxygen atoms in total. The molecule has 0 fully saturated rings. The Morgan fingerprint density at radius 1 is 1.39 bits per heavy atom. The number of amides is 1. The van der Waals surface area contributed by atoms with Crippen molar-refractivity contribution >= 4 is 11.8 Å². The highest BCUT2D eigenvalue weighted by Crippen LogP contribution is 2.24. The Labute approximate surface area is 105 Å². The molecule has 1 N–H and O–H groups in total. The summed E-state index contributed by atoms with van der Waals surface area (Å²) in [6, 6.07) is 3.35. The zero-order chi connectivity index (χ0) is 13.3. The molecular formula is C13H16N2O3. The van der Waals surface area contributed by atoms with Crippen molar-refractivity contribution in [3.05, 3.63) is 35.4 Å². The molecule has 0 bridgehead atoms. The summed E-state index contributed by atoms with van der Waals surface area (Å²) in [5.74, 6) is 0.645. The normalized spacial score (nSPS) is 11.6. The van der Waals surface area contributed by atoms with Crippen LogP contribution in [0.15, 0.2) is 27.3 Å². The lowest BCUT2D eigenvalue weighted by molar-refractivity contribution is 0.102. The van der Waals surface area contributed by atoms with Gasteiger partial charge in [-0.2, -0.15) is 0 Å². The van der Waals surface area contributed by atoms with Gasteiger partial charge in [-0.3, -0.25) is 10.1 Å². The number of aryl methyl sites for hydroxylation is 1. The van der Waals surface area contributed by atoms with Gasteiger partial charge in [0, 0.05) is 11.5 Å². The van der Waals surface area contributed by atoms with Gasteiger partial charge in [0.1, 0.15) is 5.76 Å². The van der Waals surface area contributed by atoms with Gasteiger partial charge in [-0.15, -0.1) is 0 Å². The molecule has 0 saturated carbocycles. The smallest absolute Gasteiger partial charge is 0.261 e. The van der Waals surface area contributed by atoms with E-state index in [2.05, 4.69) is 10.5 Å². The molecule has 0 atom stereocenters. The first-order valence-electron chi connectivity index (χ1n) is 5.70. The average molecular weight is 248 g/mol. The zero-order valence-electron chi connectivity index (χ0n) is 10.9. The fourth-order valence-corrected chi connectivity index (χ4v) is 1.49. The molecule has 0 aliphatic heterocycles. The monoisotopic (exact) mass is 248 g/mol. The molecule has 5 heteroatoms. The average Bonchev–Trinajstić information content (AvgIpc) is 2.85. The lowest BCUT2D eigenvalue weighted by Gasteiger charge is -2.12. The van der Waals surface area contributed by atoms with Gasteiger partial charge in [-0.05, 0) is 13.0 Å². The summed E-state index contributed by atoms with van der Waals surface area (Å²) in [5.41, 5.74) is 1.17. The molecule has 0 unspecified atom stereocenters. The van der Waals surface area contributed by atoms with Crippen LogP contribution in [0.3, 0.4) is 0 Å². The Kier molecular flexibility index (Phi) is 2.98. The Morgan fingerprint density at radius 3 is 2.61 bits per heavy atom. The molecule has 2 aromatic heterocycles. The van der Waals surface area contributed by atoms with E-state index in [4.69, 9.17) is 8.94 Å². The van der Waals surface area contributed by atoms with E-state index in [-0.39, 0.29) is 11.3 Å². The predicted molar refractivity (Wildman–Crippen MR) is 66.6 cm³/mol. The van der Waals surface area contributed by atoms with Crippen molar-refractivity contribution in [1.82, 2.24) is 5.16 Å². The Morgan fingerprint density at radius 2 is 2.11 bits per heavy atom. The molecule has 0 saturated heterocycles. The number of anilines is 1. The van der Waals surface area contributed by atoms with E-state index in [1.807, 2.05) is 20.8 Å². The van der Waals surface area contributed by atoms with E-state index >= 15 is 0 Å². The SMILES string of the molecule is Cc1occc1C(=O)Nc1cc(C(C)(C)C)no1. The van der Waals surface area contributed by atoms with Gasteiger partial charge in [0.05, 0.1) is 17.5 Å². The van der Waals surface area contributed by atoms with Gasteiger partial charge < -0.3 is 8.94 Å². The number of furan rings is 1. The van der Waals surface area contributed by atoms with Crippen molar-refractivity contribution in [3.63, 3.8) is 0 Å². The van der Waals surface area contributed by atoms with Crippen molar-refractivity contribution in [2.45, 2.75) is 33.1 Å². The highest BCUT2D eigenvalue weighted by Gasteiger charge is 2.20. The largest absolute Gasteiger partial charge is 0.469 e. The van der Waals surface area contributed by atoms with Gasteiger partial charge in [0.25, 0.3) is 5.91 Å². The third kappa shape index (κ3) is 2.45. The van der Waals surface area contributed by atoms with Crippen LogP contribution in [0, 0.1) is 6.92 Å². The summed E-state index contributed by atoms with van der Waals surface area (Å²) in [5, 5.41) is 6.58. The Balaban J connectivity index is 2.13. The number of nitrogens with zero attached hydrogens (tertiary/aromatic N) is 1. The molecule has 0 aliphatic carbocycles. The summed E-state index contributed by atoms with van der Waals surface area (Å²) in [6.07, 6.45) is 1.48. The van der Waals surface area contributed by atoms with E-state index in [1.54, 1.807) is 19.1 Å². The zero-order valence-corrected chi connectivity index (χ0v) is 10.9. The standard InChI is InChI=1S/C13H16N2O3/c1-8-9(5-6-17-8)12(16)14-11-7-10(15-18-11)13(2,3)4/h5-7H,1-4H3,(H,14,16). The van der Waals surface area contributed by atoms with E-state index in [0.29, 0.717) is 17.2 Å². The summed E-state index contributed by atoms with van der Waals surface area (Å²) in [6.45, 7) is 7.81. The molecule has 0 spiro atoms. The minimum Gasteiger partial charge on any atom is -0.469 e. The molecule has 96 valence electrons. The molecule has 2 heterocycles. The molecule has 0 radical (unpaired) electrons. The van der Waals surface area contributed by atoms with Gasteiger partial charge in [-0.1, -0.05) is 25.9 Å². The molecule has 0 aliphatic rings. The third-order valence-electron chi connectivity index (χ3n) is 2.62. The highest BCUT2D eigenvalue weighted by atomic mass is 16.5. The fraction of sp³-hybridized carbons (Fsp3) is 0.385. The number of hydrogen-bond acceptors (Lipinski definition) is 4. The molecule has 0 aromatic carbocycles. The number of carbonyl (C=O) groups excluding carboxylic acids is 1. The lowest BCUT2D eigenvalue weighted by atomic mass is 9.92. The molecule has 18 heavy (non-hydrogen) atoms. The Bertz CT molecular complexity index is 561. The van der Waals surface area contributed by atoms with Gasteiger partial charge in [0.15, 0.2) is 0 Å². The van der Waals surface area contributed by atoms with Crippen LogP contribution >= 0.6 is 0 Å². The van der Waals surface area contributed by atoms with Gasteiger partial charge in [-0.25, -0.2) is 0 Å². The van der Waals surface area contributed by atoms with Crippen LogP contribution in [-0.2, 0) is 5.41 Å². The van der Waals surface area contributed by atoms with Crippen molar-refractivity contribution in [3.8, 4) is 0 Å². The number of hydrogen-bond donors (Lipinski definition) is 1. The quantitative estimate of drug-likeness (QED) is 0.886. The first-order chi connectivity index (χ1) is 8.38. The summed E-state index contributed by atoms with van der Waals surface area (Å²) < 4.78 is 10.2. The van der Waals surface area contributed by atoms with Crippen LogP contribution in [0.25, 0.3) is 0 Å². The van der Waals surface area contributed by atoms with Crippen LogP contribution in [0.1, 0.15) is 42.6 Å². The number of rotatable bonds is 2. The topological polar surface area (TPSA) is 68.3 Å². The summed E-state index contributed by atoms with van der Waals surface area (Å²) in [4.78, 5) is 11.9. The molecule has 1 amide bonds. The Hall–Kier alpha value is -2.04. The maximum atomic E-state index is 11.9. The van der Waals surface area contributed by atoms with Crippen molar-refractivity contribution in [1.29, 1.82) is 0 Å². The lowest BCUT2D eigenvalue weighted by Crippen LogP contribution is -2.12. The van der Waals surface area contributed by atoms with Crippen molar-refractivity contribution in [2.24, 2.45) is 0 Å². The first-order valence-corrected chi connectivity index (χ1v) is 5.70. The van der Waals surface area contributed by atoms with Crippen LogP contribution in [-0.4, -0.2) is 11.1 Å². The second-order valence-corrected chi connectivity index (χ2v) is 5.17. The molecule has 2 rings (SSSR count). The van der Waals surface area contributed by atoms with E-state index in [9.17, 15) is 4.79 Å². The van der Waals surface area contributed by atoms with Gasteiger partial charge in [0.2, 0.25) is 5.88 Å². The predicted octanol–water partition coefficient (Wildman–Crippen LogP) is 3.13. The van der Waals surface area contributed by atoms with E-state index < -0.39 is 0 Å². The van der Waals surface area contributed by atoms with Crippen LogP contribution in [0.4, 0.5) is 5.88 Å². The highest BCUT2D eigenvalue weighted by molar-refractivity contribution is 6.04. The van der Waals surface area contributed by atoms with Crippen molar-refractivity contribution in [2.75, 3.05) is 5.32 Å². The second-order valence-electron chi connectivity index (χ2n) is 5.17. The maximum Gasteiger partial charge on any atom is 0.261 e. The maximum absolute atomic E-state index is 11.9. The minimum absolute atomic E-state index is 0.113. The number of carbonyl (C=O) groups is 1. The second kappa shape index (κ2) is 4.33. The van der Waals surface area contributed by atoms with Crippen LogP contribution in [0.5, 0.6) is 0 Å². The summed E-state index contributed by atoms with van der Waals surface area (Å²) in [7, 11) is 0. The van der Waals surface area contributed by atoms with Gasteiger partial charge >= 0.3 is 0 Å². The number of aromatic nitrogens is 1. The fourth-order valence-electron chi connectivity index (χ4n) is 1.49. The molecule has 2 aromatic rings. The van der Waals surface area contributed by atoms with E-state index in [0.717, 1.165) is 5.69 Å². The van der Waals surface area contributed by atoms with Crippen molar-refractivity contribution < 1.29 is 13.7 Å². The molecular weight excluding hydrogens is 232 g/mol. The van der Waals surface area contributed by atoms with Crippen LogP contribution < -0.4 is 5.32 Å².